The Morgan fingerprint density at radius 1 is 1.38 bits per heavy atom. The average molecular weight is 336 g/mol. The number of aromatic nitrogens is 3. The van der Waals surface area contributed by atoms with Crippen molar-refractivity contribution in [2.75, 3.05) is 26.2 Å². The third-order valence-corrected chi connectivity index (χ3v) is 4.16. The molecule has 1 aliphatic heterocycles. The molecule has 1 fully saturated rings. The van der Waals surface area contributed by atoms with Gasteiger partial charge in [-0.25, -0.2) is 4.99 Å². The van der Waals surface area contributed by atoms with Gasteiger partial charge in [-0.2, -0.15) is 0 Å². The lowest BCUT2D eigenvalue weighted by Crippen LogP contribution is -2.46. The first-order chi connectivity index (χ1) is 11.7. The molecule has 0 radical (unpaired) electrons. The number of carbonyl (C=O) groups excluding carboxylic acids is 1. The summed E-state index contributed by atoms with van der Waals surface area (Å²) in [6.07, 6.45) is 3.32. The van der Waals surface area contributed by atoms with Crippen LogP contribution in [0.1, 0.15) is 39.4 Å². The van der Waals surface area contributed by atoms with E-state index in [1.54, 1.807) is 6.33 Å². The molecule has 0 unspecified atom stereocenters. The van der Waals surface area contributed by atoms with E-state index in [0.29, 0.717) is 13.2 Å². The van der Waals surface area contributed by atoms with Gasteiger partial charge in [0.25, 0.3) is 0 Å². The predicted molar refractivity (Wildman–Crippen MR) is 91.4 cm³/mol. The molecule has 8 nitrogen and oxygen atoms in total. The van der Waals surface area contributed by atoms with E-state index in [0.717, 1.165) is 50.8 Å². The summed E-state index contributed by atoms with van der Waals surface area (Å²) >= 11 is 0. The van der Waals surface area contributed by atoms with E-state index >= 15 is 0 Å². The summed E-state index contributed by atoms with van der Waals surface area (Å²) in [5.74, 6) is 1.65. The number of rotatable bonds is 6. The van der Waals surface area contributed by atoms with Crippen molar-refractivity contribution < 1.29 is 9.53 Å². The van der Waals surface area contributed by atoms with Gasteiger partial charge in [0.15, 0.2) is 11.8 Å². The molecule has 8 heteroatoms. The van der Waals surface area contributed by atoms with Gasteiger partial charge in [0, 0.05) is 26.2 Å². The van der Waals surface area contributed by atoms with Crippen LogP contribution in [-0.2, 0) is 22.6 Å². The molecule has 1 saturated heterocycles. The van der Waals surface area contributed by atoms with E-state index in [1.165, 1.54) is 0 Å². The van der Waals surface area contributed by atoms with Crippen LogP contribution in [0, 0.1) is 5.92 Å². The largest absolute Gasteiger partial charge is 0.466 e. The number of hydrogen-bond acceptors (Lipinski definition) is 5. The Labute approximate surface area is 143 Å². The van der Waals surface area contributed by atoms with Crippen molar-refractivity contribution >= 4 is 11.9 Å². The zero-order chi connectivity index (χ0) is 17.4. The summed E-state index contributed by atoms with van der Waals surface area (Å²) in [5, 5.41) is 11.4. The van der Waals surface area contributed by atoms with Gasteiger partial charge in [-0.15, -0.1) is 10.2 Å². The molecular weight excluding hydrogens is 308 g/mol. The van der Waals surface area contributed by atoms with Gasteiger partial charge < -0.3 is 19.5 Å². The zero-order valence-corrected chi connectivity index (χ0v) is 14.9. The van der Waals surface area contributed by atoms with Crippen molar-refractivity contribution in [1.29, 1.82) is 0 Å². The molecular formula is C16H28N6O2. The highest BCUT2D eigenvalue weighted by atomic mass is 16.5. The summed E-state index contributed by atoms with van der Waals surface area (Å²) < 4.78 is 7.11. The fourth-order valence-electron chi connectivity index (χ4n) is 2.82. The monoisotopic (exact) mass is 336 g/mol. The van der Waals surface area contributed by atoms with Crippen molar-refractivity contribution in [2.24, 2.45) is 10.9 Å². The molecule has 134 valence electrons. The molecule has 0 atom stereocenters. The van der Waals surface area contributed by atoms with Crippen LogP contribution in [0.25, 0.3) is 0 Å². The lowest BCUT2D eigenvalue weighted by molar-refractivity contribution is -0.149. The van der Waals surface area contributed by atoms with Crippen LogP contribution in [0.5, 0.6) is 0 Å². The number of nitrogens with zero attached hydrogens (tertiary/aromatic N) is 5. The molecule has 0 aliphatic carbocycles. The van der Waals surface area contributed by atoms with Crippen molar-refractivity contribution in [3.8, 4) is 0 Å². The highest BCUT2D eigenvalue weighted by molar-refractivity contribution is 5.80. The number of esters is 1. The molecule has 1 N–H and O–H groups in total. The second-order valence-corrected chi connectivity index (χ2v) is 5.72. The SMILES string of the molecule is CCNC(=NCc1nncn1CC)N1CCC(C(=O)OCC)CC1. The number of nitrogens with one attached hydrogen (secondary N) is 1. The van der Waals surface area contributed by atoms with Gasteiger partial charge in [-0.3, -0.25) is 4.79 Å². The maximum atomic E-state index is 11.8. The van der Waals surface area contributed by atoms with Gasteiger partial charge >= 0.3 is 5.97 Å². The van der Waals surface area contributed by atoms with Gasteiger partial charge in [0.05, 0.1) is 12.5 Å². The molecule has 0 spiro atoms. The van der Waals surface area contributed by atoms with Crippen molar-refractivity contribution in [3.05, 3.63) is 12.2 Å². The minimum absolute atomic E-state index is 0.00673. The van der Waals surface area contributed by atoms with E-state index in [4.69, 9.17) is 4.74 Å². The topological polar surface area (TPSA) is 84.6 Å². The number of piperidine rings is 1. The molecule has 2 rings (SSSR count). The van der Waals surface area contributed by atoms with E-state index in [2.05, 4.69) is 39.3 Å². The normalized spacial score (nSPS) is 16.3. The Balaban J connectivity index is 1.96. The van der Waals surface area contributed by atoms with E-state index in [-0.39, 0.29) is 11.9 Å². The lowest BCUT2D eigenvalue weighted by atomic mass is 9.97. The summed E-state index contributed by atoms with van der Waals surface area (Å²) in [6, 6.07) is 0. The van der Waals surface area contributed by atoms with Crippen molar-refractivity contribution in [2.45, 2.75) is 46.7 Å². The number of aryl methyl sites for hydroxylation is 1. The number of guanidine groups is 1. The Bertz CT molecular complexity index is 549. The molecule has 0 bridgehead atoms. The first-order valence-corrected chi connectivity index (χ1v) is 8.76. The second kappa shape index (κ2) is 9.24. The molecule has 0 saturated carbocycles. The van der Waals surface area contributed by atoms with E-state index < -0.39 is 0 Å². The van der Waals surface area contributed by atoms with Crippen molar-refractivity contribution in [1.82, 2.24) is 25.0 Å². The summed E-state index contributed by atoms with van der Waals surface area (Å²) in [7, 11) is 0. The first-order valence-electron chi connectivity index (χ1n) is 8.76. The fraction of sp³-hybridized carbons (Fsp3) is 0.750. The van der Waals surface area contributed by atoms with Gasteiger partial charge in [0.2, 0.25) is 0 Å². The molecule has 1 aromatic heterocycles. The van der Waals surface area contributed by atoms with Crippen LogP contribution in [0.3, 0.4) is 0 Å². The Morgan fingerprint density at radius 3 is 2.75 bits per heavy atom. The fourth-order valence-corrected chi connectivity index (χ4v) is 2.82. The van der Waals surface area contributed by atoms with Crippen molar-refractivity contribution in [3.63, 3.8) is 0 Å². The minimum atomic E-state index is -0.0739. The van der Waals surface area contributed by atoms with Crippen LogP contribution in [-0.4, -0.2) is 57.8 Å². The van der Waals surface area contributed by atoms with Crippen LogP contribution in [0.2, 0.25) is 0 Å². The predicted octanol–water partition coefficient (Wildman–Crippen LogP) is 1.04. The highest BCUT2D eigenvalue weighted by Gasteiger charge is 2.27. The Morgan fingerprint density at radius 2 is 2.12 bits per heavy atom. The quantitative estimate of drug-likeness (QED) is 0.475. The molecule has 0 aromatic carbocycles. The third kappa shape index (κ3) is 4.69. The summed E-state index contributed by atoms with van der Waals surface area (Å²) in [6.45, 7) is 10.1. The lowest BCUT2D eigenvalue weighted by Gasteiger charge is -2.33. The molecule has 0 amide bonds. The van der Waals surface area contributed by atoms with Gasteiger partial charge in [-0.05, 0) is 33.6 Å². The number of likely N-dealkylation sites (tertiary alicyclic amines) is 1. The van der Waals surface area contributed by atoms with Crippen LogP contribution in [0.15, 0.2) is 11.3 Å². The van der Waals surface area contributed by atoms with Crippen LogP contribution in [0.4, 0.5) is 0 Å². The molecule has 2 heterocycles. The maximum Gasteiger partial charge on any atom is 0.309 e. The Hall–Kier alpha value is -2.12. The molecule has 24 heavy (non-hydrogen) atoms. The number of aliphatic imine (C=N–C) groups is 1. The number of carbonyl (C=O) groups is 1. The minimum Gasteiger partial charge on any atom is -0.466 e. The number of ether oxygens (including phenoxy) is 1. The standard InChI is InChI=1S/C16H28N6O2/c1-4-17-16(18-11-14-20-19-12-21(14)5-2)22-9-7-13(8-10-22)15(23)24-6-3/h12-13H,4-11H2,1-3H3,(H,17,18). The second-order valence-electron chi connectivity index (χ2n) is 5.72. The van der Waals surface area contributed by atoms with E-state index in [9.17, 15) is 4.79 Å². The maximum absolute atomic E-state index is 11.8. The van der Waals surface area contributed by atoms with Gasteiger partial charge in [0.1, 0.15) is 12.9 Å². The number of hydrogen-bond donors (Lipinski definition) is 1. The van der Waals surface area contributed by atoms with Crippen LogP contribution >= 0.6 is 0 Å². The summed E-state index contributed by atoms with van der Waals surface area (Å²) in [5.41, 5.74) is 0. The summed E-state index contributed by atoms with van der Waals surface area (Å²) in [4.78, 5) is 18.7. The van der Waals surface area contributed by atoms with E-state index in [1.807, 2.05) is 11.5 Å². The highest BCUT2D eigenvalue weighted by Crippen LogP contribution is 2.19. The van der Waals surface area contributed by atoms with Gasteiger partial charge in [-0.1, -0.05) is 0 Å². The zero-order valence-electron chi connectivity index (χ0n) is 14.9. The molecule has 1 aliphatic rings. The average Bonchev–Trinajstić information content (AvgIpc) is 3.06. The first kappa shape index (κ1) is 18.2. The van der Waals surface area contributed by atoms with Crippen LogP contribution < -0.4 is 5.32 Å². The smallest absolute Gasteiger partial charge is 0.309 e. The molecule has 1 aromatic rings. The third-order valence-electron chi connectivity index (χ3n) is 4.16. The Kier molecular flexibility index (Phi) is 7.02.